The third-order valence-electron chi connectivity index (χ3n) is 10.3. The number of allylic oxidation sites excluding steroid dienone is 1. The molecule has 3 aromatic rings. The van der Waals surface area contributed by atoms with Crippen LogP contribution in [0.15, 0.2) is 47.2 Å². The highest BCUT2D eigenvalue weighted by molar-refractivity contribution is 7.90. The summed E-state index contributed by atoms with van der Waals surface area (Å²) in [5, 5.41) is 8.90. The molecule has 15 nitrogen and oxygen atoms in total. The van der Waals surface area contributed by atoms with Gasteiger partial charge in [-0.25, -0.2) is 22.8 Å². The maximum Gasteiger partial charge on any atom is 0.274 e. The molecular formula is C36H42FN7O8S. The summed E-state index contributed by atoms with van der Waals surface area (Å²) in [6.07, 6.45) is 9.15. The Hall–Kier alpha value is -4.93. The summed E-state index contributed by atoms with van der Waals surface area (Å²) < 4.78 is 53.2. The molecule has 3 N–H and O–H groups in total. The SMILES string of the molecule is CCc1nc2cccc(F)c2nc1OC1CC2C(=O)NC3(CC(=O)NS(=O)(=O)C4CC4)CC3C=CCCCCCC(NC(=O)c3ccon3)C(=O)N2C1. The van der Waals surface area contributed by atoms with Gasteiger partial charge < -0.3 is 24.8 Å². The number of carbonyl (C=O) groups is 4. The Morgan fingerprint density at radius 2 is 1.96 bits per heavy atom. The molecule has 4 aliphatic rings. The van der Waals surface area contributed by atoms with Gasteiger partial charge in [-0.2, -0.15) is 0 Å². The molecule has 2 aromatic heterocycles. The second-order valence-electron chi connectivity index (χ2n) is 14.3. The molecule has 1 aromatic carbocycles. The number of sulfonamides is 1. The topological polar surface area (TPSA) is 203 Å². The number of para-hydroxylation sites is 1. The number of aryl methyl sites for hydroxylation is 1. The number of amides is 4. The number of aromatic nitrogens is 3. The fourth-order valence-corrected chi connectivity index (χ4v) is 8.55. The van der Waals surface area contributed by atoms with Gasteiger partial charge in [-0.3, -0.25) is 23.9 Å². The number of halogens is 1. The molecule has 282 valence electrons. The molecule has 0 radical (unpaired) electrons. The van der Waals surface area contributed by atoms with Crippen molar-refractivity contribution in [3.8, 4) is 5.88 Å². The van der Waals surface area contributed by atoms with Crippen molar-refractivity contribution in [3.63, 3.8) is 0 Å². The summed E-state index contributed by atoms with van der Waals surface area (Å²) in [6, 6.07) is 3.72. The second-order valence-corrected chi connectivity index (χ2v) is 16.3. The molecule has 1 saturated heterocycles. The molecule has 7 rings (SSSR count). The molecule has 17 heteroatoms. The van der Waals surface area contributed by atoms with Gasteiger partial charge in [0.1, 0.15) is 35.7 Å². The summed E-state index contributed by atoms with van der Waals surface area (Å²) in [6.45, 7) is 1.79. The van der Waals surface area contributed by atoms with Crippen LogP contribution in [0.1, 0.15) is 87.3 Å². The Morgan fingerprint density at radius 3 is 2.72 bits per heavy atom. The normalized spacial score (nSPS) is 26.5. The van der Waals surface area contributed by atoms with Gasteiger partial charge in [-0.05, 0) is 57.1 Å². The van der Waals surface area contributed by atoms with Crippen LogP contribution in [0.4, 0.5) is 4.39 Å². The van der Waals surface area contributed by atoms with Gasteiger partial charge in [0.2, 0.25) is 33.6 Å². The number of carbonyl (C=O) groups excluding carboxylic acids is 4. The fourth-order valence-electron chi connectivity index (χ4n) is 7.24. The minimum absolute atomic E-state index is 0.00588. The van der Waals surface area contributed by atoms with Gasteiger partial charge in [-0.15, -0.1) is 0 Å². The number of nitrogens with zero attached hydrogens (tertiary/aromatic N) is 4. The van der Waals surface area contributed by atoms with Crippen LogP contribution in [0.2, 0.25) is 0 Å². The van der Waals surface area contributed by atoms with E-state index in [1.807, 2.05) is 19.1 Å². The van der Waals surface area contributed by atoms with Crippen molar-refractivity contribution in [2.45, 2.75) is 107 Å². The lowest BCUT2D eigenvalue weighted by Crippen LogP contribution is -2.55. The van der Waals surface area contributed by atoms with E-state index in [-0.39, 0.29) is 42.4 Å². The van der Waals surface area contributed by atoms with Gasteiger partial charge in [0, 0.05) is 18.4 Å². The van der Waals surface area contributed by atoms with Crippen molar-refractivity contribution in [1.29, 1.82) is 0 Å². The standard InChI is InChI=1S/C36H42FN7O8S/c1-2-25-34(40-31-24(37)10-8-12-26(31)38-25)52-22-17-29-33(47)41-36(19-30(45)43-53(49,50)23-13-14-23)18-21(36)9-6-4-3-5-7-11-28(35(48)44(29)20-22)39-32(46)27-15-16-51-42-27/h6,8-10,12,15-16,21-23,28-29H,2-5,7,11,13-14,17-20H2,1H3,(H,39,46)(H,41,47)(H,43,45). The van der Waals surface area contributed by atoms with Gasteiger partial charge in [0.05, 0.1) is 29.3 Å². The van der Waals surface area contributed by atoms with Gasteiger partial charge >= 0.3 is 0 Å². The predicted octanol–water partition coefficient (Wildman–Crippen LogP) is 2.86. The Kier molecular flexibility index (Phi) is 10.2. The number of hydrogen-bond acceptors (Lipinski definition) is 11. The molecule has 5 atom stereocenters. The highest BCUT2D eigenvalue weighted by Gasteiger charge is 2.57. The number of rotatable bonds is 9. The van der Waals surface area contributed by atoms with Crippen LogP contribution in [0, 0.1) is 11.7 Å². The van der Waals surface area contributed by atoms with Crippen LogP contribution < -0.4 is 20.1 Å². The molecule has 2 saturated carbocycles. The van der Waals surface area contributed by atoms with Crippen LogP contribution in [0.3, 0.4) is 0 Å². The van der Waals surface area contributed by atoms with Crippen molar-refractivity contribution in [2.75, 3.05) is 6.54 Å². The average molecular weight is 752 g/mol. The van der Waals surface area contributed by atoms with E-state index in [0.717, 1.165) is 19.3 Å². The minimum Gasteiger partial charge on any atom is -0.471 e. The lowest BCUT2D eigenvalue weighted by Gasteiger charge is -2.30. The third kappa shape index (κ3) is 8.04. The number of benzene rings is 1. The zero-order chi connectivity index (χ0) is 37.3. The highest BCUT2D eigenvalue weighted by atomic mass is 32.2. The summed E-state index contributed by atoms with van der Waals surface area (Å²) in [7, 11) is -3.80. The van der Waals surface area contributed by atoms with Crippen LogP contribution >= 0.6 is 0 Å². The first-order chi connectivity index (χ1) is 25.5. The first kappa shape index (κ1) is 36.4. The molecule has 2 aliphatic carbocycles. The molecule has 0 spiro atoms. The van der Waals surface area contributed by atoms with Crippen molar-refractivity contribution in [3.05, 3.63) is 59.9 Å². The van der Waals surface area contributed by atoms with E-state index in [1.165, 1.54) is 23.3 Å². The van der Waals surface area contributed by atoms with Gasteiger partial charge in [-0.1, -0.05) is 43.1 Å². The molecule has 53 heavy (non-hydrogen) atoms. The van der Waals surface area contributed by atoms with E-state index in [1.54, 1.807) is 12.1 Å². The molecule has 4 amide bonds. The summed E-state index contributed by atoms with van der Waals surface area (Å²) in [5.74, 6) is -3.11. The Morgan fingerprint density at radius 1 is 1.13 bits per heavy atom. The smallest absolute Gasteiger partial charge is 0.274 e. The van der Waals surface area contributed by atoms with E-state index in [2.05, 4.69) is 30.5 Å². The maximum atomic E-state index is 14.8. The Bertz CT molecular complexity index is 2040. The molecular weight excluding hydrogens is 710 g/mol. The van der Waals surface area contributed by atoms with E-state index in [9.17, 15) is 32.0 Å². The zero-order valence-corrected chi connectivity index (χ0v) is 30.1. The van der Waals surface area contributed by atoms with E-state index >= 15 is 0 Å². The molecule has 3 fully saturated rings. The molecule has 4 heterocycles. The maximum absolute atomic E-state index is 14.8. The van der Waals surface area contributed by atoms with Crippen LogP contribution in [0.25, 0.3) is 11.0 Å². The second kappa shape index (κ2) is 14.8. The first-order valence-electron chi connectivity index (χ1n) is 18.1. The lowest BCUT2D eigenvalue weighted by atomic mass is 10.0. The molecule has 5 unspecified atom stereocenters. The third-order valence-corrected chi connectivity index (χ3v) is 12.2. The van der Waals surface area contributed by atoms with Crippen LogP contribution in [-0.2, 0) is 30.8 Å². The summed E-state index contributed by atoms with van der Waals surface area (Å²) in [4.78, 5) is 65.4. The average Bonchev–Trinajstić information content (AvgIpc) is 3.96. The minimum atomic E-state index is -3.80. The fraction of sp³-hybridized carbons (Fsp3) is 0.528. The van der Waals surface area contributed by atoms with E-state index in [0.29, 0.717) is 49.7 Å². The summed E-state index contributed by atoms with van der Waals surface area (Å²) in [5.41, 5.74) is -0.218. The van der Waals surface area contributed by atoms with Crippen molar-refractivity contribution < 1.29 is 41.2 Å². The molecule has 2 aliphatic heterocycles. The Labute approximate surface area is 305 Å². The summed E-state index contributed by atoms with van der Waals surface area (Å²) >= 11 is 0. The van der Waals surface area contributed by atoms with Gasteiger partial charge in [0.25, 0.3) is 5.91 Å². The number of nitrogens with one attached hydrogen (secondary N) is 3. The lowest BCUT2D eigenvalue weighted by molar-refractivity contribution is -0.140. The number of fused-ring (bicyclic) bond motifs is 3. The monoisotopic (exact) mass is 751 g/mol. The van der Waals surface area contributed by atoms with Crippen LogP contribution in [0.5, 0.6) is 5.88 Å². The largest absolute Gasteiger partial charge is 0.471 e. The van der Waals surface area contributed by atoms with Crippen molar-refractivity contribution in [2.24, 2.45) is 5.92 Å². The van der Waals surface area contributed by atoms with E-state index in [4.69, 9.17) is 9.26 Å². The first-order valence-corrected chi connectivity index (χ1v) is 19.7. The zero-order valence-electron chi connectivity index (χ0n) is 29.3. The van der Waals surface area contributed by atoms with Crippen molar-refractivity contribution in [1.82, 2.24) is 35.4 Å². The Balaban J connectivity index is 1.18. The highest BCUT2D eigenvalue weighted by Crippen LogP contribution is 2.48. The molecule has 0 bridgehead atoms. The number of ether oxygens (including phenoxy) is 1. The van der Waals surface area contributed by atoms with Crippen molar-refractivity contribution >= 4 is 44.7 Å². The predicted molar refractivity (Wildman–Crippen MR) is 187 cm³/mol. The number of hydrogen-bond donors (Lipinski definition) is 3. The van der Waals surface area contributed by atoms with E-state index < -0.39 is 68.4 Å². The quantitative estimate of drug-likeness (QED) is 0.272. The van der Waals surface area contributed by atoms with Crippen LogP contribution in [-0.4, -0.2) is 87.6 Å². The van der Waals surface area contributed by atoms with Gasteiger partial charge in [0.15, 0.2) is 11.5 Å².